The number of nitrogens with one attached hydrogen (secondary N) is 1. The van der Waals surface area contributed by atoms with E-state index in [1.165, 1.54) is 36.5 Å². The van der Waals surface area contributed by atoms with Crippen LogP contribution in [0, 0.1) is 0 Å². The quantitative estimate of drug-likeness (QED) is 0.184. The molecule has 0 heterocycles. The lowest BCUT2D eigenvalue weighted by atomic mass is 10.2. The molecule has 0 aromatic heterocycles. The summed E-state index contributed by atoms with van der Waals surface area (Å²) < 4.78 is 38.9. The fourth-order valence-corrected chi connectivity index (χ4v) is 5.14. The minimum absolute atomic E-state index is 0.00427. The van der Waals surface area contributed by atoms with E-state index in [9.17, 15) is 13.2 Å². The van der Waals surface area contributed by atoms with Crippen molar-refractivity contribution in [3.63, 3.8) is 0 Å². The highest BCUT2D eigenvalue weighted by Gasteiger charge is 2.27. The van der Waals surface area contributed by atoms with Crippen molar-refractivity contribution in [3.8, 4) is 11.5 Å². The number of rotatable bonds is 12. The van der Waals surface area contributed by atoms with E-state index in [1.54, 1.807) is 42.5 Å². The second-order valence-electron chi connectivity index (χ2n) is 7.48. The number of hydrogen-bond acceptors (Lipinski definition) is 6. The molecule has 3 rings (SSSR count). The summed E-state index contributed by atoms with van der Waals surface area (Å²) in [5.41, 5.74) is 3.12. The number of benzene rings is 3. The summed E-state index contributed by atoms with van der Waals surface area (Å²) in [7, 11) is -4.12. The summed E-state index contributed by atoms with van der Waals surface area (Å²) >= 11 is 12.2. The highest BCUT2D eigenvalue weighted by atomic mass is 35.5. The number of carbonyl (C=O) groups is 1. The third-order valence-electron chi connectivity index (χ3n) is 4.78. The molecule has 0 atom stereocenters. The Labute approximate surface area is 226 Å². The lowest BCUT2D eigenvalue weighted by molar-refractivity contribution is -0.119. The molecule has 11 heteroatoms. The molecule has 0 aliphatic heterocycles. The first-order chi connectivity index (χ1) is 17.7. The van der Waals surface area contributed by atoms with E-state index >= 15 is 0 Å². The minimum atomic E-state index is -4.12. The van der Waals surface area contributed by atoms with Gasteiger partial charge < -0.3 is 9.47 Å². The van der Waals surface area contributed by atoms with Crippen LogP contribution in [0.1, 0.15) is 12.5 Å². The Morgan fingerprint density at radius 1 is 1.03 bits per heavy atom. The number of carbonyl (C=O) groups excluding carboxylic acids is 1. The van der Waals surface area contributed by atoms with Crippen LogP contribution >= 0.6 is 23.2 Å². The van der Waals surface area contributed by atoms with Gasteiger partial charge in [0.25, 0.3) is 15.9 Å². The van der Waals surface area contributed by atoms with Gasteiger partial charge in [-0.05, 0) is 61.0 Å². The Hall–Kier alpha value is -3.53. The maximum Gasteiger partial charge on any atom is 0.264 e. The van der Waals surface area contributed by atoms with Gasteiger partial charge in [-0.25, -0.2) is 13.8 Å². The molecule has 1 N–H and O–H groups in total. The Morgan fingerprint density at radius 3 is 2.38 bits per heavy atom. The van der Waals surface area contributed by atoms with Gasteiger partial charge >= 0.3 is 0 Å². The number of halogens is 2. The first-order valence-corrected chi connectivity index (χ1v) is 13.3. The van der Waals surface area contributed by atoms with Crippen molar-refractivity contribution in [2.45, 2.75) is 11.8 Å². The second kappa shape index (κ2) is 13.1. The molecular formula is C26H25Cl2N3O5S. The van der Waals surface area contributed by atoms with E-state index in [1.807, 2.05) is 6.92 Å². The molecule has 0 fully saturated rings. The van der Waals surface area contributed by atoms with E-state index < -0.39 is 22.5 Å². The van der Waals surface area contributed by atoms with Crippen molar-refractivity contribution < 1.29 is 22.7 Å². The van der Waals surface area contributed by atoms with Crippen molar-refractivity contribution in [2.75, 3.05) is 24.1 Å². The Morgan fingerprint density at radius 2 is 1.73 bits per heavy atom. The van der Waals surface area contributed by atoms with Crippen LogP contribution in [0.5, 0.6) is 11.5 Å². The van der Waals surface area contributed by atoms with Gasteiger partial charge in [0.05, 0.1) is 23.4 Å². The molecular weight excluding hydrogens is 537 g/mol. The molecule has 0 aliphatic carbocycles. The van der Waals surface area contributed by atoms with E-state index in [4.69, 9.17) is 32.7 Å². The number of nitrogens with zero attached hydrogens (tertiary/aromatic N) is 2. The average molecular weight is 562 g/mol. The summed E-state index contributed by atoms with van der Waals surface area (Å²) in [6, 6.07) is 17.2. The van der Waals surface area contributed by atoms with Crippen molar-refractivity contribution in [1.29, 1.82) is 0 Å². The number of anilines is 1. The number of hydrazone groups is 1. The summed E-state index contributed by atoms with van der Waals surface area (Å²) in [4.78, 5) is 12.8. The monoisotopic (exact) mass is 561 g/mol. The van der Waals surface area contributed by atoms with Crippen LogP contribution in [0.4, 0.5) is 5.69 Å². The molecule has 0 spiro atoms. The fourth-order valence-electron chi connectivity index (χ4n) is 3.20. The Kier molecular flexibility index (Phi) is 9.96. The molecule has 3 aromatic carbocycles. The number of hydrogen-bond donors (Lipinski definition) is 1. The smallest absolute Gasteiger partial charge is 0.264 e. The van der Waals surface area contributed by atoms with Crippen LogP contribution in [-0.2, 0) is 14.8 Å². The third kappa shape index (κ3) is 7.72. The van der Waals surface area contributed by atoms with E-state index in [0.29, 0.717) is 30.3 Å². The number of amides is 1. The van der Waals surface area contributed by atoms with Crippen LogP contribution in [0.2, 0.25) is 10.0 Å². The molecule has 8 nitrogen and oxygen atoms in total. The molecule has 0 radical (unpaired) electrons. The van der Waals surface area contributed by atoms with Gasteiger partial charge in [-0.1, -0.05) is 54.1 Å². The van der Waals surface area contributed by atoms with Gasteiger partial charge in [-0.2, -0.15) is 5.10 Å². The highest BCUT2D eigenvalue weighted by Crippen LogP contribution is 2.30. The summed E-state index contributed by atoms with van der Waals surface area (Å²) in [6.07, 6.45) is 3.03. The molecule has 0 unspecified atom stereocenters. The normalized spacial score (nSPS) is 11.2. The standard InChI is InChI=1S/C26H25Cl2N3O5S/c1-3-12-36-24-11-10-19(13-25(24)35-4-2)17-29-30-26(32)18-31(22-15-20(27)14-21(28)16-22)37(33,34)23-8-6-5-7-9-23/h3,5-11,13-17H,1,4,12,18H2,2H3,(H,30,32)/b29-17-. The van der Waals surface area contributed by atoms with Gasteiger partial charge in [-0.3, -0.25) is 9.10 Å². The molecule has 1 amide bonds. The van der Waals surface area contributed by atoms with Gasteiger partial charge in [-0.15, -0.1) is 0 Å². The minimum Gasteiger partial charge on any atom is -0.490 e. The predicted molar refractivity (Wildman–Crippen MR) is 146 cm³/mol. The first-order valence-electron chi connectivity index (χ1n) is 11.1. The van der Waals surface area contributed by atoms with Gasteiger partial charge in [0.15, 0.2) is 11.5 Å². The lowest BCUT2D eigenvalue weighted by Crippen LogP contribution is -2.39. The average Bonchev–Trinajstić information content (AvgIpc) is 2.87. The van der Waals surface area contributed by atoms with Crippen LogP contribution in [0.3, 0.4) is 0 Å². The van der Waals surface area contributed by atoms with Crippen LogP contribution in [0.15, 0.2) is 89.4 Å². The molecule has 0 bridgehead atoms. The first kappa shape index (κ1) is 28.0. The van der Waals surface area contributed by atoms with Gasteiger partial charge in [0.1, 0.15) is 13.2 Å². The van der Waals surface area contributed by atoms with E-state index in [2.05, 4.69) is 17.1 Å². The molecule has 194 valence electrons. The maximum atomic E-state index is 13.4. The molecule has 0 saturated heterocycles. The zero-order chi connectivity index (χ0) is 26.8. The van der Waals surface area contributed by atoms with Crippen molar-refractivity contribution >= 4 is 51.0 Å². The predicted octanol–water partition coefficient (Wildman–Crippen LogP) is 5.30. The van der Waals surface area contributed by atoms with Crippen molar-refractivity contribution in [1.82, 2.24) is 5.43 Å². The molecule has 37 heavy (non-hydrogen) atoms. The van der Waals surface area contributed by atoms with Crippen LogP contribution in [0.25, 0.3) is 0 Å². The van der Waals surface area contributed by atoms with Gasteiger partial charge in [0.2, 0.25) is 0 Å². The highest BCUT2D eigenvalue weighted by molar-refractivity contribution is 7.92. The van der Waals surface area contributed by atoms with Gasteiger partial charge in [0, 0.05) is 10.0 Å². The van der Waals surface area contributed by atoms with Crippen LogP contribution < -0.4 is 19.2 Å². The topological polar surface area (TPSA) is 97.3 Å². The lowest BCUT2D eigenvalue weighted by Gasteiger charge is -2.24. The summed E-state index contributed by atoms with van der Waals surface area (Å²) in [6.45, 7) is 5.66. The van der Waals surface area contributed by atoms with Crippen molar-refractivity contribution in [3.05, 3.63) is 95.0 Å². The zero-order valence-electron chi connectivity index (χ0n) is 19.9. The molecule has 0 aliphatic rings. The second-order valence-corrected chi connectivity index (χ2v) is 10.2. The summed E-state index contributed by atoms with van der Waals surface area (Å²) in [5.74, 6) is 0.380. The fraction of sp³-hybridized carbons (Fsp3) is 0.154. The van der Waals surface area contributed by atoms with E-state index in [0.717, 1.165) is 4.31 Å². The summed E-state index contributed by atoms with van der Waals surface area (Å²) in [5, 5.41) is 4.40. The molecule has 0 saturated carbocycles. The molecule has 3 aromatic rings. The SMILES string of the molecule is C=CCOc1ccc(/C=N\NC(=O)CN(c2cc(Cl)cc(Cl)c2)S(=O)(=O)c2ccccc2)cc1OCC. The van der Waals surface area contributed by atoms with E-state index in [-0.39, 0.29) is 20.6 Å². The zero-order valence-corrected chi connectivity index (χ0v) is 22.3. The number of sulfonamides is 1. The van der Waals surface area contributed by atoms with Crippen molar-refractivity contribution in [2.24, 2.45) is 5.10 Å². The Bertz CT molecular complexity index is 1360. The largest absolute Gasteiger partial charge is 0.490 e. The Balaban J connectivity index is 1.81. The van der Waals surface area contributed by atoms with Crippen LogP contribution in [-0.4, -0.2) is 40.3 Å². The maximum absolute atomic E-state index is 13.4. The number of ether oxygens (including phenoxy) is 2. The third-order valence-corrected chi connectivity index (χ3v) is 7.01.